The van der Waals surface area contributed by atoms with Gasteiger partial charge in [0.2, 0.25) is 0 Å². The fraction of sp³-hybridized carbons (Fsp3) is 0.720. The van der Waals surface area contributed by atoms with Crippen molar-refractivity contribution < 1.29 is 19.7 Å². The van der Waals surface area contributed by atoms with Crippen molar-refractivity contribution in [3.8, 4) is 5.75 Å². The zero-order valence-corrected chi connectivity index (χ0v) is 18.0. The molecule has 0 radical (unpaired) electrons. The van der Waals surface area contributed by atoms with Crippen LogP contribution in [0.1, 0.15) is 74.6 Å². The van der Waals surface area contributed by atoms with Crippen molar-refractivity contribution in [1.29, 1.82) is 0 Å². The topological polar surface area (TPSA) is 70.0 Å². The lowest BCUT2D eigenvalue weighted by atomic mass is 9.77. The number of nitrogens with zero attached hydrogens (tertiary/aromatic N) is 1. The minimum Gasteiger partial charge on any atom is -0.490 e. The zero-order valence-electron chi connectivity index (χ0n) is 18.0. The van der Waals surface area contributed by atoms with Gasteiger partial charge in [-0.2, -0.15) is 0 Å². The molecular weight excluding hydrogens is 378 g/mol. The van der Waals surface area contributed by atoms with Gasteiger partial charge in [0.25, 0.3) is 5.91 Å². The van der Waals surface area contributed by atoms with Crippen LogP contribution in [0.3, 0.4) is 0 Å². The molecule has 5 heteroatoms. The van der Waals surface area contributed by atoms with Gasteiger partial charge in [-0.05, 0) is 106 Å². The van der Waals surface area contributed by atoms with Gasteiger partial charge in [0.15, 0.2) is 0 Å². The highest BCUT2D eigenvalue weighted by molar-refractivity contribution is 5.94. The Hall–Kier alpha value is -1.59. The van der Waals surface area contributed by atoms with Crippen molar-refractivity contribution in [3.05, 3.63) is 29.8 Å². The molecule has 4 fully saturated rings. The van der Waals surface area contributed by atoms with Crippen molar-refractivity contribution in [2.24, 2.45) is 17.8 Å². The third kappa shape index (κ3) is 3.87. The minimum atomic E-state index is -0.477. The van der Waals surface area contributed by atoms with Gasteiger partial charge in [-0.3, -0.25) is 4.79 Å². The van der Waals surface area contributed by atoms with Crippen LogP contribution in [0.4, 0.5) is 0 Å². The number of amides is 1. The maximum absolute atomic E-state index is 13.2. The molecule has 0 heterocycles. The molecule has 30 heavy (non-hydrogen) atoms. The van der Waals surface area contributed by atoms with Gasteiger partial charge in [-0.15, -0.1) is 0 Å². The van der Waals surface area contributed by atoms with Crippen LogP contribution >= 0.6 is 0 Å². The highest BCUT2D eigenvalue weighted by Crippen LogP contribution is 2.56. The van der Waals surface area contributed by atoms with Gasteiger partial charge in [0.1, 0.15) is 5.75 Å². The van der Waals surface area contributed by atoms with Gasteiger partial charge in [-0.25, -0.2) is 0 Å². The fourth-order valence-corrected chi connectivity index (χ4v) is 6.96. The average Bonchev–Trinajstić information content (AvgIpc) is 2.89. The van der Waals surface area contributed by atoms with Crippen molar-refractivity contribution >= 4 is 5.91 Å². The van der Waals surface area contributed by atoms with E-state index in [1.165, 1.54) is 6.42 Å². The lowest BCUT2D eigenvalue weighted by Crippen LogP contribution is -2.43. The maximum atomic E-state index is 13.2. The van der Waals surface area contributed by atoms with Crippen LogP contribution in [0.5, 0.6) is 5.75 Å². The molecule has 0 spiro atoms. The van der Waals surface area contributed by atoms with Crippen LogP contribution in [0.2, 0.25) is 0 Å². The Kier molecular flexibility index (Phi) is 5.30. The Balaban J connectivity index is 1.24. The summed E-state index contributed by atoms with van der Waals surface area (Å²) in [6.45, 7) is 0. The quantitative estimate of drug-likeness (QED) is 0.788. The van der Waals surface area contributed by atoms with E-state index >= 15 is 0 Å². The third-order valence-electron chi connectivity index (χ3n) is 8.40. The standard InChI is InChI=1S/C25H35NO4/c1-26(23-11-2-16-12-18-14-25(29,13-16)15-22(18)23)24(28)17-3-7-20(8-4-17)30-21-9-5-19(27)6-10-21/h3-4,7-8,16,18-19,21-23,27,29H,2,5-6,9-15H2,1H3/t16?,18?,19-,21+,22?,23?,25?. The third-order valence-corrected chi connectivity index (χ3v) is 8.40. The summed E-state index contributed by atoms with van der Waals surface area (Å²) in [4.78, 5) is 15.2. The first-order valence-electron chi connectivity index (χ1n) is 11.8. The largest absolute Gasteiger partial charge is 0.490 e. The molecule has 5 unspecified atom stereocenters. The molecule has 1 amide bonds. The van der Waals surface area contributed by atoms with Gasteiger partial charge in [0, 0.05) is 18.7 Å². The Morgan fingerprint density at radius 2 is 1.77 bits per heavy atom. The molecular formula is C25H35NO4. The lowest BCUT2D eigenvalue weighted by molar-refractivity contribution is -0.00803. The molecule has 2 N–H and O–H groups in total. The molecule has 4 saturated carbocycles. The number of ether oxygens (including phenoxy) is 1. The smallest absolute Gasteiger partial charge is 0.253 e. The molecule has 4 aliphatic carbocycles. The first-order valence-corrected chi connectivity index (χ1v) is 11.8. The number of aliphatic hydroxyl groups is 2. The van der Waals surface area contributed by atoms with Crippen LogP contribution < -0.4 is 4.74 Å². The predicted octanol–water partition coefficient (Wildman–Crippen LogP) is 3.77. The van der Waals surface area contributed by atoms with E-state index in [2.05, 4.69) is 0 Å². The zero-order chi connectivity index (χ0) is 20.9. The summed E-state index contributed by atoms with van der Waals surface area (Å²) >= 11 is 0. The fourth-order valence-electron chi connectivity index (χ4n) is 6.96. The Bertz CT molecular complexity index is 772. The minimum absolute atomic E-state index is 0.0700. The molecule has 3 bridgehead atoms. The number of aliphatic hydroxyl groups excluding tert-OH is 1. The van der Waals surface area contributed by atoms with E-state index < -0.39 is 5.60 Å². The average molecular weight is 414 g/mol. The van der Waals surface area contributed by atoms with Crippen LogP contribution in [-0.2, 0) is 0 Å². The summed E-state index contributed by atoms with van der Waals surface area (Å²) in [7, 11) is 1.95. The van der Waals surface area contributed by atoms with Crippen molar-refractivity contribution in [3.63, 3.8) is 0 Å². The Morgan fingerprint density at radius 1 is 1.03 bits per heavy atom. The number of hydrogen-bond donors (Lipinski definition) is 2. The Labute approximate surface area is 179 Å². The molecule has 5 atom stereocenters. The highest BCUT2D eigenvalue weighted by atomic mass is 16.5. The molecule has 1 aromatic rings. The predicted molar refractivity (Wildman–Crippen MR) is 114 cm³/mol. The van der Waals surface area contributed by atoms with E-state index in [0.29, 0.717) is 23.3 Å². The van der Waals surface area contributed by atoms with Gasteiger partial charge in [-0.1, -0.05) is 0 Å². The van der Waals surface area contributed by atoms with Crippen molar-refractivity contribution in [1.82, 2.24) is 4.90 Å². The number of benzene rings is 1. The van der Waals surface area contributed by atoms with E-state index in [1.807, 2.05) is 36.2 Å². The molecule has 164 valence electrons. The second kappa shape index (κ2) is 7.83. The second-order valence-corrected chi connectivity index (χ2v) is 10.5. The van der Waals surface area contributed by atoms with E-state index in [9.17, 15) is 15.0 Å². The summed E-state index contributed by atoms with van der Waals surface area (Å²) in [5, 5.41) is 20.6. The van der Waals surface area contributed by atoms with E-state index in [4.69, 9.17) is 4.74 Å². The van der Waals surface area contributed by atoms with Gasteiger partial charge >= 0.3 is 0 Å². The Morgan fingerprint density at radius 3 is 2.50 bits per heavy atom. The molecule has 0 saturated heterocycles. The number of carbonyl (C=O) groups is 1. The highest BCUT2D eigenvalue weighted by Gasteiger charge is 2.54. The summed E-state index contributed by atoms with van der Waals surface area (Å²) in [5.74, 6) is 2.50. The molecule has 5 rings (SSSR count). The molecule has 5 nitrogen and oxygen atoms in total. The molecule has 0 aromatic heterocycles. The molecule has 4 aliphatic rings. The van der Waals surface area contributed by atoms with Crippen molar-refractivity contribution in [2.75, 3.05) is 7.05 Å². The van der Waals surface area contributed by atoms with Crippen molar-refractivity contribution in [2.45, 2.75) is 88.1 Å². The summed E-state index contributed by atoms with van der Waals surface area (Å²) < 4.78 is 6.05. The van der Waals surface area contributed by atoms with Crippen LogP contribution in [-0.4, -0.2) is 51.9 Å². The number of rotatable bonds is 4. The molecule has 1 aromatic carbocycles. The number of carbonyl (C=O) groups excluding carboxylic acids is 1. The molecule has 0 aliphatic heterocycles. The lowest BCUT2D eigenvalue weighted by Gasteiger charge is -2.36. The first-order chi connectivity index (χ1) is 14.4. The first kappa shape index (κ1) is 20.3. The maximum Gasteiger partial charge on any atom is 0.253 e. The SMILES string of the molecule is CN(C(=O)c1ccc(O[C@H]2CC[C@@H](O)CC2)cc1)C1CCC2CC3CC(O)(C2)CC31. The van der Waals surface area contributed by atoms with Crippen LogP contribution in [0.25, 0.3) is 0 Å². The van der Waals surface area contributed by atoms with Gasteiger partial charge in [0.05, 0.1) is 17.8 Å². The monoisotopic (exact) mass is 413 g/mol. The summed E-state index contributed by atoms with van der Waals surface area (Å²) in [6, 6.07) is 7.77. The number of hydrogen-bond acceptors (Lipinski definition) is 4. The summed E-state index contributed by atoms with van der Waals surface area (Å²) in [6.07, 6.45) is 9.48. The summed E-state index contributed by atoms with van der Waals surface area (Å²) in [5.41, 5.74) is 0.223. The van der Waals surface area contributed by atoms with E-state index in [0.717, 1.165) is 63.5 Å². The van der Waals surface area contributed by atoms with Gasteiger partial charge < -0.3 is 19.8 Å². The number of fused-ring (bicyclic) bond motifs is 2. The van der Waals surface area contributed by atoms with Crippen LogP contribution in [0.15, 0.2) is 24.3 Å². The normalized spacial score (nSPS) is 40.1. The van der Waals surface area contributed by atoms with E-state index in [-0.39, 0.29) is 24.2 Å². The second-order valence-electron chi connectivity index (χ2n) is 10.5. The van der Waals surface area contributed by atoms with E-state index in [1.54, 1.807) is 0 Å². The van der Waals surface area contributed by atoms with Crippen LogP contribution in [0, 0.1) is 17.8 Å².